The van der Waals surface area contributed by atoms with E-state index in [0.29, 0.717) is 0 Å². The SMILES string of the molecule is [Li][CH2][SiH2]c1cccc(N(CC)CC)c1N(CC)CC. The number of hydrogen-bond acceptors (Lipinski definition) is 2. The summed E-state index contributed by atoms with van der Waals surface area (Å²) in [7, 11) is -0.128. The van der Waals surface area contributed by atoms with Crippen LogP contribution in [-0.4, -0.2) is 53.4 Å². The van der Waals surface area contributed by atoms with E-state index in [1.54, 1.807) is 5.19 Å². The molecule has 0 aromatic heterocycles. The third-order valence-corrected chi connectivity index (χ3v) is 5.41. The first-order valence-corrected chi connectivity index (χ1v) is 9.55. The fraction of sp³-hybridized carbons (Fsp3) is 0.600. The van der Waals surface area contributed by atoms with Crippen LogP contribution in [0.25, 0.3) is 0 Å². The zero-order chi connectivity index (χ0) is 14.3. The second-order valence-electron chi connectivity index (χ2n) is 4.88. The van der Waals surface area contributed by atoms with Gasteiger partial charge in [-0.1, -0.05) is 0 Å². The molecular weight excluding hydrogens is 243 g/mol. The van der Waals surface area contributed by atoms with E-state index in [0.717, 1.165) is 26.2 Å². The maximum atomic E-state index is 2.53. The first kappa shape index (κ1) is 16.7. The molecule has 0 N–H and O–H groups in total. The summed E-state index contributed by atoms with van der Waals surface area (Å²) in [5.41, 5.74) is 2.96. The molecule has 0 saturated heterocycles. The third-order valence-electron chi connectivity index (χ3n) is 3.80. The number of anilines is 2. The Hall–Kier alpha value is -0.366. The molecule has 0 amide bonds. The average Bonchev–Trinajstić information content (AvgIpc) is 2.44. The van der Waals surface area contributed by atoms with E-state index >= 15 is 0 Å². The van der Waals surface area contributed by atoms with E-state index in [2.05, 4.69) is 73.4 Å². The summed E-state index contributed by atoms with van der Waals surface area (Å²) in [6.07, 6.45) is 0. The molecule has 19 heavy (non-hydrogen) atoms. The van der Waals surface area contributed by atoms with Crippen LogP contribution in [0.4, 0.5) is 11.4 Å². The number of rotatable bonds is 8. The molecule has 1 aromatic rings. The van der Waals surface area contributed by atoms with Crippen molar-refractivity contribution >= 4 is 43.8 Å². The van der Waals surface area contributed by atoms with E-state index in [-0.39, 0.29) is 9.52 Å². The van der Waals surface area contributed by atoms with Gasteiger partial charge in [-0.15, -0.1) is 0 Å². The monoisotopic (exact) mass is 270 g/mol. The molecule has 0 atom stereocenters. The number of benzene rings is 1. The van der Waals surface area contributed by atoms with E-state index in [9.17, 15) is 0 Å². The van der Waals surface area contributed by atoms with Gasteiger partial charge in [-0.3, -0.25) is 0 Å². The van der Waals surface area contributed by atoms with Crippen molar-refractivity contribution in [3.8, 4) is 0 Å². The molecule has 0 bridgehead atoms. The van der Waals surface area contributed by atoms with Crippen molar-refractivity contribution in [3.05, 3.63) is 18.2 Å². The molecule has 0 aliphatic rings. The molecule has 0 spiro atoms. The van der Waals surface area contributed by atoms with Crippen LogP contribution < -0.4 is 15.0 Å². The predicted octanol–water partition coefficient (Wildman–Crippen LogP) is 1.72. The van der Waals surface area contributed by atoms with Gasteiger partial charge in [0, 0.05) is 0 Å². The van der Waals surface area contributed by atoms with Crippen molar-refractivity contribution in [1.29, 1.82) is 0 Å². The third kappa shape index (κ3) is 4.05. The van der Waals surface area contributed by atoms with Gasteiger partial charge < -0.3 is 0 Å². The van der Waals surface area contributed by atoms with Crippen molar-refractivity contribution in [3.63, 3.8) is 0 Å². The molecule has 0 aliphatic heterocycles. The second-order valence-corrected chi connectivity index (χ2v) is 7.14. The first-order valence-electron chi connectivity index (χ1n) is 7.85. The average molecular weight is 270 g/mol. The molecular formula is C15H27LiN2Si. The molecule has 102 valence electrons. The second kappa shape index (κ2) is 8.74. The van der Waals surface area contributed by atoms with Gasteiger partial charge in [-0.2, -0.15) is 0 Å². The summed E-state index contributed by atoms with van der Waals surface area (Å²) in [6, 6.07) is 6.91. The van der Waals surface area contributed by atoms with Crippen LogP contribution in [0.3, 0.4) is 0 Å². The van der Waals surface area contributed by atoms with Gasteiger partial charge in [0.15, 0.2) is 0 Å². The van der Waals surface area contributed by atoms with Crippen LogP contribution in [0.1, 0.15) is 27.7 Å². The number of hydrogen-bond donors (Lipinski definition) is 0. The van der Waals surface area contributed by atoms with E-state index in [1.165, 1.54) is 16.1 Å². The number of para-hydroxylation sites is 1. The van der Waals surface area contributed by atoms with Crippen LogP contribution in [0.2, 0.25) is 4.72 Å². The zero-order valence-electron chi connectivity index (χ0n) is 13.4. The molecule has 0 saturated carbocycles. The molecule has 0 aliphatic carbocycles. The number of nitrogens with zero attached hydrogens (tertiary/aromatic N) is 2. The Bertz CT molecular complexity index is 376. The summed E-state index contributed by atoms with van der Waals surface area (Å²) in [4.78, 5) is 5.02. The van der Waals surface area contributed by atoms with Crippen molar-refractivity contribution in [2.75, 3.05) is 36.0 Å². The molecule has 0 fully saturated rings. The molecule has 2 nitrogen and oxygen atoms in total. The first-order chi connectivity index (χ1) is 9.23. The van der Waals surface area contributed by atoms with Crippen LogP contribution in [0.5, 0.6) is 0 Å². The Kier molecular flexibility index (Phi) is 7.67. The molecule has 0 unspecified atom stereocenters. The fourth-order valence-corrected chi connectivity index (χ4v) is 4.26. The maximum absolute atomic E-state index is 2.53. The van der Waals surface area contributed by atoms with Crippen molar-refractivity contribution in [1.82, 2.24) is 0 Å². The van der Waals surface area contributed by atoms with Gasteiger partial charge >= 0.3 is 130 Å². The van der Waals surface area contributed by atoms with Gasteiger partial charge in [0.05, 0.1) is 0 Å². The quantitative estimate of drug-likeness (QED) is 0.664. The predicted molar refractivity (Wildman–Crippen MR) is 92.3 cm³/mol. The Morgan fingerprint density at radius 2 is 1.53 bits per heavy atom. The Labute approximate surface area is 130 Å². The molecule has 1 rings (SSSR count). The zero-order valence-corrected chi connectivity index (χ0v) is 14.8. The minimum atomic E-state index is -0.128. The summed E-state index contributed by atoms with van der Waals surface area (Å²) >= 11 is 2.32. The topological polar surface area (TPSA) is 6.48 Å². The molecule has 0 radical (unpaired) electrons. The van der Waals surface area contributed by atoms with Crippen LogP contribution in [0.15, 0.2) is 18.2 Å². The van der Waals surface area contributed by atoms with Gasteiger partial charge in [0.1, 0.15) is 0 Å². The van der Waals surface area contributed by atoms with Crippen molar-refractivity contribution < 1.29 is 0 Å². The Balaban J connectivity index is 3.31. The summed E-state index contributed by atoms with van der Waals surface area (Å²) in [5.74, 6) is 0. The fourth-order valence-electron chi connectivity index (χ4n) is 2.77. The van der Waals surface area contributed by atoms with E-state index in [1.807, 2.05) is 0 Å². The van der Waals surface area contributed by atoms with Gasteiger partial charge in [0.25, 0.3) is 0 Å². The summed E-state index contributed by atoms with van der Waals surface area (Å²) in [5, 5.41) is 1.63. The van der Waals surface area contributed by atoms with Gasteiger partial charge in [-0.05, 0) is 0 Å². The van der Waals surface area contributed by atoms with Crippen LogP contribution in [0, 0.1) is 0 Å². The van der Waals surface area contributed by atoms with Crippen LogP contribution in [-0.2, 0) is 0 Å². The summed E-state index contributed by atoms with van der Waals surface area (Å²) < 4.78 is 1.34. The van der Waals surface area contributed by atoms with Crippen molar-refractivity contribution in [2.24, 2.45) is 0 Å². The van der Waals surface area contributed by atoms with Gasteiger partial charge in [0.2, 0.25) is 0 Å². The molecule has 1 aromatic carbocycles. The summed E-state index contributed by atoms with van der Waals surface area (Å²) in [6.45, 7) is 13.4. The van der Waals surface area contributed by atoms with E-state index in [4.69, 9.17) is 0 Å². The van der Waals surface area contributed by atoms with Gasteiger partial charge in [-0.25, -0.2) is 0 Å². The normalized spacial score (nSPS) is 11.3. The van der Waals surface area contributed by atoms with E-state index < -0.39 is 0 Å². The Morgan fingerprint density at radius 1 is 0.947 bits per heavy atom. The van der Waals surface area contributed by atoms with Crippen LogP contribution >= 0.6 is 0 Å². The minimum absolute atomic E-state index is 0.128. The Morgan fingerprint density at radius 3 is 2.00 bits per heavy atom. The standard InChI is InChI=1S/C15H27N2Si.Li/c1-6-16(7-2)13-11-10-12-14(18-5)15(13)17(8-3)9-4;/h10-12H,5-9,18H2,1-4H3;. The molecule has 0 heterocycles. The van der Waals surface area contributed by atoms with Crippen molar-refractivity contribution in [2.45, 2.75) is 32.4 Å². The molecule has 4 heteroatoms.